The molecule has 1 aliphatic heterocycles. The summed E-state index contributed by atoms with van der Waals surface area (Å²) in [5.41, 5.74) is 1.77. The maximum absolute atomic E-state index is 6.06. The third-order valence-corrected chi connectivity index (χ3v) is 5.92. The predicted molar refractivity (Wildman–Crippen MR) is 113 cm³/mol. The molecule has 0 bridgehead atoms. The monoisotopic (exact) mass is 423 g/mol. The standard InChI is InChI=1S/C20H21N7O2S/c1-2-8-21-14(4-1)13-28-15-6-9-27(10-7-15)20-19(22-12-16-5-3-11-30-16)23-17-18(24-20)26-29-25-17/h1-5,8,11,15H,6-7,9-10,12-13H2,(H,22,23,25). The number of fused-ring (bicyclic) bond motifs is 1. The molecule has 0 amide bonds. The van der Waals surface area contributed by atoms with Gasteiger partial charge in [0.2, 0.25) is 11.3 Å². The minimum Gasteiger partial charge on any atom is -0.372 e. The van der Waals surface area contributed by atoms with E-state index in [1.54, 1.807) is 17.5 Å². The summed E-state index contributed by atoms with van der Waals surface area (Å²) in [7, 11) is 0. The Bertz CT molecular complexity index is 1080. The number of nitrogens with one attached hydrogen (secondary N) is 1. The number of thiophene rings is 1. The van der Waals surface area contributed by atoms with Crippen LogP contribution in [0.2, 0.25) is 0 Å². The highest BCUT2D eigenvalue weighted by Crippen LogP contribution is 2.28. The van der Waals surface area contributed by atoms with Crippen LogP contribution in [0.1, 0.15) is 23.4 Å². The van der Waals surface area contributed by atoms with E-state index in [0.29, 0.717) is 30.3 Å². The number of anilines is 2. The Kier molecular flexibility index (Phi) is 5.49. The molecule has 5 heterocycles. The molecule has 0 unspecified atom stereocenters. The summed E-state index contributed by atoms with van der Waals surface area (Å²) in [4.78, 5) is 17.0. The minimum absolute atomic E-state index is 0.205. The van der Waals surface area contributed by atoms with Crippen LogP contribution in [0.25, 0.3) is 11.3 Å². The Morgan fingerprint density at radius 2 is 1.97 bits per heavy atom. The van der Waals surface area contributed by atoms with Crippen LogP contribution in [0.15, 0.2) is 46.5 Å². The first kappa shape index (κ1) is 18.9. The number of pyridine rings is 1. The first-order valence-corrected chi connectivity index (χ1v) is 10.8. The summed E-state index contributed by atoms with van der Waals surface area (Å²) in [6.45, 7) is 2.87. The van der Waals surface area contributed by atoms with Crippen molar-refractivity contribution in [3.63, 3.8) is 0 Å². The third kappa shape index (κ3) is 4.24. The van der Waals surface area contributed by atoms with Crippen LogP contribution in [0, 0.1) is 0 Å². The minimum atomic E-state index is 0.205. The molecule has 0 radical (unpaired) electrons. The zero-order valence-corrected chi connectivity index (χ0v) is 17.1. The van der Waals surface area contributed by atoms with E-state index >= 15 is 0 Å². The lowest BCUT2D eigenvalue weighted by atomic mass is 10.1. The van der Waals surface area contributed by atoms with Crippen molar-refractivity contribution in [3.05, 3.63) is 52.5 Å². The van der Waals surface area contributed by atoms with Gasteiger partial charge >= 0.3 is 0 Å². The second-order valence-electron chi connectivity index (χ2n) is 7.06. The largest absolute Gasteiger partial charge is 0.372 e. The Morgan fingerprint density at radius 1 is 1.10 bits per heavy atom. The van der Waals surface area contributed by atoms with Crippen molar-refractivity contribution in [2.24, 2.45) is 0 Å². The van der Waals surface area contributed by atoms with Crippen LogP contribution < -0.4 is 10.2 Å². The normalized spacial score (nSPS) is 15.0. The average Bonchev–Trinajstić information content (AvgIpc) is 3.48. The second-order valence-corrected chi connectivity index (χ2v) is 8.09. The topological polar surface area (TPSA) is 102 Å². The Balaban J connectivity index is 1.26. The van der Waals surface area contributed by atoms with E-state index in [-0.39, 0.29) is 6.10 Å². The van der Waals surface area contributed by atoms with Gasteiger partial charge in [0.1, 0.15) is 0 Å². The zero-order valence-electron chi connectivity index (χ0n) is 16.3. The fraction of sp³-hybridized carbons (Fsp3) is 0.350. The molecule has 0 aliphatic carbocycles. The zero-order chi connectivity index (χ0) is 20.2. The molecule has 0 spiro atoms. The highest BCUT2D eigenvalue weighted by Gasteiger charge is 2.24. The number of ether oxygens (including phenoxy) is 1. The van der Waals surface area contributed by atoms with Crippen LogP contribution in [0.5, 0.6) is 0 Å². The molecule has 4 aromatic rings. The van der Waals surface area contributed by atoms with Crippen molar-refractivity contribution < 1.29 is 9.37 Å². The van der Waals surface area contributed by atoms with Crippen LogP contribution in [-0.4, -0.2) is 44.5 Å². The van der Waals surface area contributed by atoms with E-state index in [1.807, 2.05) is 24.3 Å². The highest BCUT2D eigenvalue weighted by molar-refractivity contribution is 7.09. The van der Waals surface area contributed by atoms with E-state index in [2.05, 4.69) is 46.9 Å². The van der Waals surface area contributed by atoms with Gasteiger partial charge in [-0.1, -0.05) is 12.1 Å². The molecule has 9 nitrogen and oxygen atoms in total. The molecule has 5 rings (SSSR count). The van der Waals surface area contributed by atoms with Gasteiger partial charge in [0.15, 0.2) is 11.6 Å². The van der Waals surface area contributed by atoms with Crippen molar-refractivity contribution in [2.45, 2.75) is 32.1 Å². The molecule has 10 heteroatoms. The summed E-state index contributed by atoms with van der Waals surface area (Å²) < 4.78 is 10.9. The summed E-state index contributed by atoms with van der Waals surface area (Å²) in [5, 5.41) is 13.2. The number of hydrogen-bond donors (Lipinski definition) is 1. The lowest BCUT2D eigenvalue weighted by Gasteiger charge is -2.33. The average molecular weight is 424 g/mol. The lowest BCUT2D eigenvalue weighted by molar-refractivity contribution is 0.0234. The summed E-state index contributed by atoms with van der Waals surface area (Å²) >= 11 is 1.70. The first-order chi connectivity index (χ1) is 14.8. The van der Waals surface area contributed by atoms with Gasteiger partial charge in [-0.15, -0.1) is 11.3 Å². The quantitative estimate of drug-likeness (QED) is 0.480. The molecule has 0 atom stereocenters. The first-order valence-electron chi connectivity index (χ1n) is 9.88. The maximum Gasteiger partial charge on any atom is 0.245 e. The Morgan fingerprint density at radius 3 is 2.73 bits per heavy atom. The lowest BCUT2D eigenvalue weighted by Crippen LogP contribution is -2.38. The van der Waals surface area contributed by atoms with E-state index in [1.165, 1.54) is 4.88 Å². The Labute approximate surface area is 177 Å². The van der Waals surface area contributed by atoms with Crippen LogP contribution in [-0.2, 0) is 17.9 Å². The fourth-order valence-electron chi connectivity index (χ4n) is 3.47. The SMILES string of the molecule is c1ccc(COC2CCN(c3nc4nonc4nc3NCc3cccs3)CC2)nc1. The molecule has 1 saturated heterocycles. The molecule has 1 N–H and O–H groups in total. The molecule has 154 valence electrons. The van der Waals surface area contributed by atoms with Crippen molar-refractivity contribution in [2.75, 3.05) is 23.3 Å². The second kappa shape index (κ2) is 8.72. The fourth-order valence-corrected chi connectivity index (χ4v) is 4.12. The molecule has 0 saturated carbocycles. The number of piperidine rings is 1. The van der Waals surface area contributed by atoms with Crippen molar-refractivity contribution in [1.29, 1.82) is 0 Å². The molecular weight excluding hydrogens is 402 g/mol. The number of aromatic nitrogens is 5. The summed E-state index contributed by atoms with van der Waals surface area (Å²) in [5.74, 6) is 1.47. The summed E-state index contributed by atoms with van der Waals surface area (Å²) in [6.07, 6.45) is 3.82. The van der Waals surface area contributed by atoms with Crippen molar-refractivity contribution in [3.8, 4) is 0 Å². The van der Waals surface area contributed by atoms with E-state index in [9.17, 15) is 0 Å². The van der Waals surface area contributed by atoms with E-state index < -0.39 is 0 Å². The molecule has 1 aliphatic rings. The molecular formula is C20H21N7O2S. The van der Waals surface area contributed by atoms with Gasteiger partial charge in [-0.2, -0.15) is 0 Å². The van der Waals surface area contributed by atoms with E-state index in [0.717, 1.165) is 37.4 Å². The highest BCUT2D eigenvalue weighted by atomic mass is 32.1. The smallest absolute Gasteiger partial charge is 0.245 e. The molecule has 4 aromatic heterocycles. The van der Waals surface area contributed by atoms with Gasteiger partial charge in [-0.25, -0.2) is 14.6 Å². The van der Waals surface area contributed by atoms with Crippen molar-refractivity contribution >= 4 is 34.3 Å². The molecule has 1 fully saturated rings. The Hall–Kier alpha value is -3.11. The summed E-state index contributed by atoms with van der Waals surface area (Å²) in [6, 6.07) is 10.00. The predicted octanol–water partition coefficient (Wildman–Crippen LogP) is 3.27. The maximum atomic E-state index is 6.06. The van der Waals surface area contributed by atoms with Crippen molar-refractivity contribution in [1.82, 2.24) is 25.3 Å². The number of rotatable bonds is 7. The van der Waals surface area contributed by atoms with Gasteiger partial charge in [-0.05, 0) is 46.7 Å². The number of nitrogens with zero attached hydrogens (tertiary/aromatic N) is 6. The molecule has 0 aromatic carbocycles. The van der Waals surface area contributed by atoms with Crippen LogP contribution >= 0.6 is 11.3 Å². The van der Waals surface area contributed by atoms with Gasteiger partial charge in [-0.3, -0.25) is 4.98 Å². The van der Waals surface area contributed by atoms with E-state index in [4.69, 9.17) is 9.37 Å². The van der Waals surface area contributed by atoms with Gasteiger partial charge in [0.25, 0.3) is 0 Å². The van der Waals surface area contributed by atoms with Gasteiger partial charge < -0.3 is 15.0 Å². The van der Waals surface area contributed by atoms with Gasteiger partial charge in [0, 0.05) is 24.2 Å². The van der Waals surface area contributed by atoms with Crippen LogP contribution in [0.4, 0.5) is 11.6 Å². The van der Waals surface area contributed by atoms with Gasteiger partial charge in [0.05, 0.1) is 24.9 Å². The third-order valence-electron chi connectivity index (χ3n) is 5.04. The molecule has 30 heavy (non-hydrogen) atoms. The number of hydrogen-bond acceptors (Lipinski definition) is 10. The van der Waals surface area contributed by atoms with Crippen LogP contribution in [0.3, 0.4) is 0 Å².